The first kappa shape index (κ1) is 18.1. The quantitative estimate of drug-likeness (QED) is 0.769. The fraction of sp³-hybridized carbons (Fsp3) is 0.917. The Morgan fingerprint density at radius 1 is 1.30 bits per heavy atom. The van der Waals surface area contributed by atoms with Gasteiger partial charge in [0.15, 0.2) is 0 Å². The SMILES string of the molecule is CC1OC(CO)[C@@H](C)[C@H](C)C1NC(=O)OCC(Cl)(Cl)Cl. The summed E-state index contributed by atoms with van der Waals surface area (Å²) in [7, 11) is 0. The molecule has 0 aliphatic carbocycles. The third-order valence-corrected chi connectivity index (χ3v) is 4.04. The predicted octanol–water partition coefficient (Wildman–Crippen LogP) is 2.50. The van der Waals surface area contributed by atoms with E-state index in [-0.39, 0.29) is 43.3 Å². The van der Waals surface area contributed by atoms with Gasteiger partial charge in [-0.25, -0.2) is 4.79 Å². The minimum atomic E-state index is -1.63. The van der Waals surface area contributed by atoms with Crippen LogP contribution in [0.2, 0.25) is 0 Å². The molecule has 0 spiro atoms. The largest absolute Gasteiger partial charge is 0.445 e. The van der Waals surface area contributed by atoms with Crippen LogP contribution in [-0.2, 0) is 9.47 Å². The summed E-state index contributed by atoms with van der Waals surface area (Å²) < 4.78 is 8.89. The van der Waals surface area contributed by atoms with E-state index in [2.05, 4.69) is 5.32 Å². The highest BCUT2D eigenvalue weighted by Crippen LogP contribution is 2.31. The number of alkyl carbamates (subject to hydrolysis) is 1. The van der Waals surface area contributed by atoms with Gasteiger partial charge in [0.05, 0.1) is 24.9 Å². The highest BCUT2D eigenvalue weighted by atomic mass is 35.6. The van der Waals surface area contributed by atoms with Crippen molar-refractivity contribution in [3.8, 4) is 0 Å². The van der Waals surface area contributed by atoms with E-state index in [1.807, 2.05) is 20.8 Å². The molecule has 1 aliphatic heterocycles. The predicted molar refractivity (Wildman–Crippen MR) is 78.3 cm³/mol. The molecule has 118 valence electrons. The van der Waals surface area contributed by atoms with Gasteiger partial charge in [0, 0.05) is 0 Å². The van der Waals surface area contributed by atoms with Crippen molar-refractivity contribution in [1.29, 1.82) is 0 Å². The average Bonchev–Trinajstić information content (AvgIpc) is 2.35. The molecule has 20 heavy (non-hydrogen) atoms. The number of aliphatic hydroxyl groups excluding tert-OH is 1. The van der Waals surface area contributed by atoms with Crippen molar-refractivity contribution in [3.05, 3.63) is 0 Å². The summed E-state index contributed by atoms with van der Waals surface area (Å²) in [6.07, 6.45) is -1.12. The van der Waals surface area contributed by atoms with Crippen LogP contribution in [0.15, 0.2) is 0 Å². The van der Waals surface area contributed by atoms with Crippen molar-refractivity contribution in [1.82, 2.24) is 5.32 Å². The molecule has 1 rings (SSSR count). The van der Waals surface area contributed by atoms with E-state index in [4.69, 9.17) is 44.3 Å². The molecule has 1 heterocycles. The molecule has 1 aliphatic rings. The van der Waals surface area contributed by atoms with Gasteiger partial charge in [0.25, 0.3) is 0 Å². The third kappa shape index (κ3) is 5.11. The van der Waals surface area contributed by atoms with Gasteiger partial charge in [0.1, 0.15) is 6.61 Å². The summed E-state index contributed by atoms with van der Waals surface area (Å²) in [5, 5.41) is 12.0. The second kappa shape index (κ2) is 7.36. The molecular formula is C12H20Cl3NO4. The highest BCUT2D eigenvalue weighted by Gasteiger charge is 2.40. The van der Waals surface area contributed by atoms with Crippen molar-refractivity contribution in [3.63, 3.8) is 0 Å². The van der Waals surface area contributed by atoms with Crippen molar-refractivity contribution in [2.45, 2.75) is 42.8 Å². The maximum absolute atomic E-state index is 11.7. The Morgan fingerprint density at radius 2 is 1.90 bits per heavy atom. The van der Waals surface area contributed by atoms with Crippen LogP contribution in [0.1, 0.15) is 20.8 Å². The molecular weight excluding hydrogens is 328 g/mol. The number of halogens is 3. The summed E-state index contributed by atoms with van der Waals surface area (Å²) >= 11 is 16.5. The molecule has 1 saturated heterocycles. The summed E-state index contributed by atoms with van der Waals surface area (Å²) in [6, 6.07) is -0.226. The number of alkyl halides is 3. The Morgan fingerprint density at radius 3 is 2.40 bits per heavy atom. The van der Waals surface area contributed by atoms with Crippen LogP contribution in [0, 0.1) is 11.8 Å². The molecule has 3 unspecified atom stereocenters. The fourth-order valence-corrected chi connectivity index (χ4v) is 2.52. The van der Waals surface area contributed by atoms with Crippen molar-refractivity contribution >= 4 is 40.9 Å². The normalized spacial score (nSPS) is 34.6. The zero-order valence-corrected chi connectivity index (χ0v) is 13.9. The van der Waals surface area contributed by atoms with E-state index in [0.717, 1.165) is 0 Å². The maximum Gasteiger partial charge on any atom is 0.407 e. The van der Waals surface area contributed by atoms with Crippen LogP contribution in [0.4, 0.5) is 4.79 Å². The minimum Gasteiger partial charge on any atom is -0.445 e. The number of hydrogen-bond acceptors (Lipinski definition) is 4. The first-order chi connectivity index (χ1) is 9.15. The number of aliphatic hydroxyl groups is 1. The molecule has 5 atom stereocenters. The molecule has 0 bridgehead atoms. The molecule has 1 fully saturated rings. The minimum absolute atomic E-state index is 0.0414. The lowest BCUT2D eigenvalue weighted by atomic mass is 9.80. The van der Waals surface area contributed by atoms with Gasteiger partial charge in [0.2, 0.25) is 3.79 Å². The lowest BCUT2D eigenvalue weighted by Crippen LogP contribution is -2.56. The first-order valence-corrected chi connectivity index (χ1v) is 7.55. The second-order valence-corrected chi connectivity index (χ2v) is 7.66. The Bertz CT molecular complexity index is 337. The number of hydrogen-bond donors (Lipinski definition) is 2. The molecule has 0 aromatic heterocycles. The second-order valence-electron chi connectivity index (χ2n) is 5.14. The number of carbonyl (C=O) groups excluding carboxylic acids is 1. The number of amides is 1. The molecule has 0 saturated carbocycles. The molecule has 0 aromatic rings. The molecule has 5 nitrogen and oxygen atoms in total. The van der Waals surface area contributed by atoms with Crippen LogP contribution in [0.5, 0.6) is 0 Å². The molecule has 2 N–H and O–H groups in total. The summed E-state index contributed by atoms with van der Waals surface area (Å²) in [5.74, 6) is 0.228. The molecule has 0 aromatic carbocycles. The van der Waals surface area contributed by atoms with Crippen LogP contribution in [-0.4, -0.2) is 46.5 Å². The summed E-state index contributed by atoms with van der Waals surface area (Å²) in [6.45, 7) is 5.44. The van der Waals surface area contributed by atoms with Gasteiger partial charge in [-0.15, -0.1) is 0 Å². The first-order valence-electron chi connectivity index (χ1n) is 6.42. The van der Waals surface area contributed by atoms with Crippen molar-refractivity contribution in [2.75, 3.05) is 13.2 Å². The Labute approximate surface area is 133 Å². The maximum atomic E-state index is 11.7. The van der Waals surface area contributed by atoms with E-state index < -0.39 is 9.89 Å². The molecule has 8 heteroatoms. The van der Waals surface area contributed by atoms with Crippen LogP contribution in [0.25, 0.3) is 0 Å². The highest BCUT2D eigenvalue weighted by molar-refractivity contribution is 6.67. The van der Waals surface area contributed by atoms with Gasteiger partial charge >= 0.3 is 6.09 Å². The Balaban J connectivity index is 2.56. The smallest absolute Gasteiger partial charge is 0.407 e. The number of nitrogens with one attached hydrogen (secondary N) is 1. The van der Waals surface area contributed by atoms with Gasteiger partial charge in [-0.1, -0.05) is 48.7 Å². The zero-order chi connectivity index (χ0) is 15.5. The lowest BCUT2D eigenvalue weighted by Gasteiger charge is -2.43. The van der Waals surface area contributed by atoms with E-state index in [1.54, 1.807) is 0 Å². The summed E-state index contributed by atoms with van der Waals surface area (Å²) in [4.78, 5) is 11.7. The third-order valence-electron chi connectivity index (χ3n) is 3.71. The van der Waals surface area contributed by atoms with Gasteiger partial charge in [-0.05, 0) is 18.8 Å². The summed E-state index contributed by atoms with van der Waals surface area (Å²) in [5.41, 5.74) is 0. The number of carbonyl (C=O) groups is 1. The molecule has 1 amide bonds. The average molecular weight is 349 g/mol. The monoisotopic (exact) mass is 347 g/mol. The number of rotatable bonds is 3. The lowest BCUT2D eigenvalue weighted by molar-refractivity contribution is -0.128. The van der Waals surface area contributed by atoms with Crippen molar-refractivity contribution < 1.29 is 19.4 Å². The van der Waals surface area contributed by atoms with Gasteiger partial charge < -0.3 is 19.9 Å². The van der Waals surface area contributed by atoms with E-state index in [0.29, 0.717) is 0 Å². The van der Waals surface area contributed by atoms with Crippen LogP contribution >= 0.6 is 34.8 Å². The van der Waals surface area contributed by atoms with Crippen LogP contribution in [0.3, 0.4) is 0 Å². The van der Waals surface area contributed by atoms with Crippen LogP contribution < -0.4 is 5.32 Å². The fourth-order valence-electron chi connectivity index (χ4n) is 2.36. The topological polar surface area (TPSA) is 67.8 Å². The Kier molecular flexibility index (Phi) is 6.67. The van der Waals surface area contributed by atoms with E-state index >= 15 is 0 Å². The van der Waals surface area contributed by atoms with E-state index in [9.17, 15) is 9.90 Å². The van der Waals surface area contributed by atoms with Gasteiger partial charge in [-0.3, -0.25) is 0 Å². The van der Waals surface area contributed by atoms with Crippen molar-refractivity contribution in [2.24, 2.45) is 11.8 Å². The van der Waals surface area contributed by atoms with E-state index in [1.165, 1.54) is 0 Å². The molecule has 0 radical (unpaired) electrons. The van der Waals surface area contributed by atoms with Gasteiger partial charge in [-0.2, -0.15) is 0 Å². The number of ether oxygens (including phenoxy) is 2. The Hall–Kier alpha value is 0.0600. The zero-order valence-electron chi connectivity index (χ0n) is 11.6. The standard InChI is InChI=1S/C12H20Cl3NO4/c1-6-7(2)10(8(3)20-9(6)4-17)16-11(18)19-5-12(13,14)15/h6-10,17H,4-5H2,1-3H3,(H,16,18)/t6-,7-,8?,9?,10?/m0/s1.